The van der Waals surface area contributed by atoms with Crippen molar-refractivity contribution < 1.29 is 23.5 Å². The lowest BCUT2D eigenvalue weighted by atomic mass is 9.79. The van der Waals surface area contributed by atoms with E-state index in [9.17, 15) is 14.4 Å². The summed E-state index contributed by atoms with van der Waals surface area (Å²) >= 11 is 6.15. The molecule has 47 heavy (non-hydrogen) atoms. The lowest BCUT2D eigenvalue weighted by Gasteiger charge is -2.29. The van der Waals surface area contributed by atoms with Gasteiger partial charge >= 0.3 is 0 Å². The fraction of sp³-hybridized carbons (Fsp3) is 0.289. The zero-order valence-electron chi connectivity index (χ0n) is 25.9. The number of halogens is 1. The maximum Gasteiger partial charge on any atom is 0.287 e. The number of hydrogen-bond acceptors (Lipinski definition) is 6. The topological polar surface area (TPSA) is 98.1 Å². The molecule has 7 rings (SSSR count). The number of carbonyl (C=O) groups excluding carboxylic acids is 2. The lowest BCUT2D eigenvalue weighted by Crippen LogP contribution is -2.35. The highest BCUT2D eigenvalue weighted by atomic mass is 35.5. The summed E-state index contributed by atoms with van der Waals surface area (Å²) < 4.78 is 16.7. The predicted molar refractivity (Wildman–Crippen MR) is 181 cm³/mol. The van der Waals surface area contributed by atoms with Crippen molar-refractivity contribution in [3.63, 3.8) is 0 Å². The highest BCUT2D eigenvalue weighted by Crippen LogP contribution is 2.39. The maximum absolute atomic E-state index is 13.6. The highest BCUT2D eigenvalue weighted by molar-refractivity contribution is 6.30. The summed E-state index contributed by atoms with van der Waals surface area (Å²) in [6.45, 7) is 5.89. The zero-order chi connectivity index (χ0) is 32.5. The molecular formula is C38H35ClN2O6. The monoisotopic (exact) mass is 650 g/mol. The summed E-state index contributed by atoms with van der Waals surface area (Å²) in [5.41, 5.74) is 5.18. The van der Waals surface area contributed by atoms with Gasteiger partial charge in [-0.15, -0.1) is 0 Å². The van der Waals surface area contributed by atoms with Crippen molar-refractivity contribution in [2.45, 2.75) is 57.0 Å². The molecule has 1 saturated heterocycles. The number of nitrogens with one attached hydrogen (secondary N) is 1. The molecule has 2 fully saturated rings. The number of benzene rings is 3. The SMILES string of the molecule is C=C(c1ccc(Cl)cc1)C(C=C1CCC(c2ccccc2CN2CCCC2=O)CC1)NC(=O)c1cc(=O)c2cc3c(cc2o1)OCO3. The van der Waals surface area contributed by atoms with Crippen LogP contribution in [0.25, 0.3) is 16.5 Å². The van der Waals surface area contributed by atoms with Crippen molar-refractivity contribution in [1.82, 2.24) is 10.2 Å². The van der Waals surface area contributed by atoms with Crippen LogP contribution in [0.5, 0.6) is 11.5 Å². The van der Waals surface area contributed by atoms with E-state index in [-0.39, 0.29) is 29.5 Å². The number of rotatable bonds is 8. The quantitative estimate of drug-likeness (QED) is 0.200. The Morgan fingerprint density at radius 2 is 1.74 bits per heavy atom. The summed E-state index contributed by atoms with van der Waals surface area (Å²) in [6.07, 6.45) is 7.28. The Kier molecular flexibility index (Phi) is 8.60. The molecule has 1 saturated carbocycles. The largest absolute Gasteiger partial charge is 0.454 e. The fourth-order valence-corrected chi connectivity index (χ4v) is 6.92. The Bertz CT molecular complexity index is 1950. The van der Waals surface area contributed by atoms with Crippen LogP contribution in [-0.2, 0) is 11.3 Å². The maximum atomic E-state index is 13.6. The van der Waals surface area contributed by atoms with Crippen molar-refractivity contribution in [2.24, 2.45) is 0 Å². The first-order valence-corrected chi connectivity index (χ1v) is 16.4. The van der Waals surface area contributed by atoms with E-state index in [4.69, 9.17) is 25.5 Å². The molecule has 2 amide bonds. The van der Waals surface area contributed by atoms with Gasteiger partial charge in [0.2, 0.25) is 12.7 Å². The van der Waals surface area contributed by atoms with Gasteiger partial charge in [-0.2, -0.15) is 0 Å². The molecular weight excluding hydrogens is 616 g/mol. The van der Waals surface area contributed by atoms with Crippen molar-refractivity contribution in [2.75, 3.05) is 13.3 Å². The van der Waals surface area contributed by atoms with Crippen molar-refractivity contribution >= 4 is 40.0 Å². The second-order valence-electron chi connectivity index (χ2n) is 12.4. The molecule has 8 nitrogen and oxygen atoms in total. The average molecular weight is 651 g/mol. The fourth-order valence-electron chi connectivity index (χ4n) is 6.80. The number of carbonyl (C=O) groups is 2. The zero-order valence-corrected chi connectivity index (χ0v) is 26.7. The Morgan fingerprint density at radius 1 is 1.00 bits per heavy atom. The molecule has 0 bridgehead atoms. The minimum atomic E-state index is -0.554. The van der Waals surface area contributed by atoms with Crippen molar-refractivity contribution in [1.29, 1.82) is 0 Å². The van der Waals surface area contributed by atoms with E-state index in [0.29, 0.717) is 46.4 Å². The summed E-state index contributed by atoms with van der Waals surface area (Å²) in [5.74, 6) is 0.907. The molecule has 3 aromatic carbocycles. The molecule has 0 radical (unpaired) electrons. The molecule has 240 valence electrons. The molecule has 1 aliphatic carbocycles. The van der Waals surface area contributed by atoms with E-state index >= 15 is 0 Å². The number of fused-ring (bicyclic) bond motifs is 2. The van der Waals surface area contributed by atoms with Gasteiger partial charge < -0.3 is 24.1 Å². The van der Waals surface area contributed by atoms with E-state index < -0.39 is 11.9 Å². The van der Waals surface area contributed by atoms with Gasteiger partial charge in [-0.1, -0.05) is 66.2 Å². The van der Waals surface area contributed by atoms with Crippen LogP contribution in [-0.4, -0.2) is 36.1 Å². The van der Waals surface area contributed by atoms with Crippen LogP contribution in [0.4, 0.5) is 0 Å². The lowest BCUT2D eigenvalue weighted by molar-refractivity contribution is -0.128. The third-order valence-corrected chi connectivity index (χ3v) is 9.63. The average Bonchev–Trinajstić information content (AvgIpc) is 3.72. The first kappa shape index (κ1) is 30.8. The number of nitrogens with zero attached hydrogens (tertiary/aromatic N) is 1. The smallest absolute Gasteiger partial charge is 0.287 e. The summed E-state index contributed by atoms with van der Waals surface area (Å²) in [6, 6.07) is 19.6. The van der Waals surface area contributed by atoms with Gasteiger partial charge in [0, 0.05) is 36.7 Å². The first-order valence-electron chi connectivity index (χ1n) is 16.0. The van der Waals surface area contributed by atoms with Gasteiger partial charge in [-0.25, -0.2) is 0 Å². The van der Waals surface area contributed by atoms with Crippen LogP contribution in [0.15, 0.2) is 94.2 Å². The van der Waals surface area contributed by atoms with E-state index in [1.54, 1.807) is 24.3 Å². The van der Waals surface area contributed by atoms with E-state index in [1.165, 1.54) is 22.8 Å². The van der Waals surface area contributed by atoms with Gasteiger partial charge in [-0.05, 0) is 78.5 Å². The number of likely N-dealkylation sites (tertiary alicyclic amines) is 1. The minimum absolute atomic E-state index is 0.0587. The van der Waals surface area contributed by atoms with Crippen molar-refractivity contribution in [3.05, 3.63) is 123 Å². The van der Waals surface area contributed by atoms with Crippen LogP contribution >= 0.6 is 11.6 Å². The third kappa shape index (κ3) is 6.56. The summed E-state index contributed by atoms with van der Waals surface area (Å²) in [7, 11) is 0. The second kappa shape index (κ2) is 13.1. The molecule has 1 aromatic heterocycles. The summed E-state index contributed by atoms with van der Waals surface area (Å²) in [4.78, 5) is 40.9. The van der Waals surface area contributed by atoms with Crippen molar-refractivity contribution in [3.8, 4) is 11.5 Å². The van der Waals surface area contributed by atoms with Gasteiger partial charge in [0.1, 0.15) is 5.58 Å². The van der Waals surface area contributed by atoms with Crippen LogP contribution in [0.3, 0.4) is 0 Å². The number of hydrogen-bond donors (Lipinski definition) is 1. The minimum Gasteiger partial charge on any atom is -0.454 e. The molecule has 9 heteroatoms. The number of allylic oxidation sites excluding steroid dienone is 1. The molecule has 1 atom stereocenters. The number of amides is 2. The highest BCUT2D eigenvalue weighted by Gasteiger charge is 2.26. The Morgan fingerprint density at radius 3 is 2.49 bits per heavy atom. The Labute approximate surface area is 277 Å². The number of ether oxygens (including phenoxy) is 2. The normalized spacial score (nSPS) is 18.0. The molecule has 4 aromatic rings. The van der Waals surface area contributed by atoms with Gasteiger partial charge in [0.15, 0.2) is 22.7 Å². The Hall–Kier alpha value is -4.82. The standard InChI is InChI=1S/C38H35ClN2O6/c1-23(25-12-14-28(39)15-13-25)31(40-38(44)36-19-32(42)30-18-34-35(46-22-45-34)20-33(30)47-36)17-24-8-10-26(11-9-24)29-6-3-2-5-27(29)21-41-16-4-7-37(41)43/h2-3,5-6,12-15,17-20,26,31H,1,4,7-11,16,21-22H2,(H,40,44). The molecule has 0 spiro atoms. The van der Waals surface area contributed by atoms with Gasteiger partial charge in [0.25, 0.3) is 5.91 Å². The van der Waals surface area contributed by atoms with E-state index in [0.717, 1.165) is 44.2 Å². The molecule has 3 heterocycles. The second-order valence-corrected chi connectivity index (χ2v) is 12.8. The molecule has 1 unspecified atom stereocenters. The molecule has 2 aliphatic heterocycles. The predicted octanol–water partition coefficient (Wildman–Crippen LogP) is 7.39. The van der Waals surface area contributed by atoms with Gasteiger partial charge in [-0.3, -0.25) is 14.4 Å². The Balaban J connectivity index is 1.12. The van der Waals surface area contributed by atoms with E-state index in [1.807, 2.05) is 17.0 Å². The first-order chi connectivity index (χ1) is 22.8. The van der Waals surface area contributed by atoms with Gasteiger partial charge in [0.05, 0.1) is 11.4 Å². The molecule has 1 N–H and O–H groups in total. The van der Waals surface area contributed by atoms with E-state index in [2.05, 4.69) is 42.2 Å². The third-order valence-electron chi connectivity index (χ3n) is 9.38. The van der Waals surface area contributed by atoms with Crippen LogP contribution in [0, 0.1) is 0 Å². The van der Waals surface area contributed by atoms with Crippen LogP contribution in [0.1, 0.15) is 71.7 Å². The van der Waals surface area contributed by atoms with Crippen LogP contribution in [0.2, 0.25) is 5.02 Å². The summed E-state index contributed by atoms with van der Waals surface area (Å²) in [5, 5.41) is 3.97. The van der Waals surface area contributed by atoms with Crippen LogP contribution < -0.4 is 20.2 Å². The molecule has 3 aliphatic rings.